The van der Waals surface area contributed by atoms with Crippen LogP contribution < -0.4 is 5.43 Å². The summed E-state index contributed by atoms with van der Waals surface area (Å²) in [7, 11) is 0. The Morgan fingerprint density at radius 3 is 2.88 bits per heavy atom. The van der Waals surface area contributed by atoms with Gasteiger partial charge in [0.05, 0.1) is 5.56 Å². The molecule has 3 rings (SSSR count). The van der Waals surface area contributed by atoms with E-state index in [-0.39, 0.29) is 11.2 Å². The van der Waals surface area contributed by atoms with Crippen LogP contribution in [0.15, 0.2) is 47.4 Å². The molecule has 0 spiro atoms. The number of phenols is 1. The summed E-state index contributed by atoms with van der Waals surface area (Å²) in [5.41, 5.74) is 1.12. The highest BCUT2D eigenvalue weighted by Crippen LogP contribution is 2.26. The first-order chi connectivity index (χ1) is 8.25. The molecule has 0 fully saturated rings. The van der Waals surface area contributed by atoms with Gasteiger partial charge in [0, 0.05) is 18.3 Å². The predicted octanol–water partition coefficient (Wildman–Crippen LogP) is 1.40. The number of aromatic nitrogens is 3. The Morgan fingerprint density at radius 1 is 1.24 bits per heavy atom. The third kappa shape index (κ3) is 1.48. The molecule has 0 amide bonds. The lowest BCUT2D eigenvalue weighted by Crippen LogP contribution is -1.99. The van der Waals surface area contributed by atoms with Crippen LogP contribution in [0.3, 0.4) is 0 Å². The van der Waals surface area contributed by atoms with Gasteiger partial charge in [-0.1, -0.05) is 12.1 Å². The van der Waals surface area contributed by atoms with Crippen molar-refractivity contribution >= 4 is 5.65 Å². The summed E-state index contributed by atoms with van der Waals surface area (Å²) in [6.45, 7) is 0. The van der Waals surface area contributed by atoms with Crippen molar-refractivity contribution in [2.75, 3.05) is 0 Å². The molecular formula is C12H9N3O2. The van der Waals surface area contributed by atoms with Gasteiger partial charge in [-0.25, -0.2) is 0 Å². The second-order valence-corrected chi connectivity index (χ2v) is 3.68. The van der Waals surface area contributed by atoms with Crippen molar-refractivity contribution in [3.05, 3.63) is 52.8 Å². The molecule has 17 heavy (non-hydrogen) atoms. The molecule has 0 radical (unpaired) electrons. The van der Waals surface area contributed by atoms with Gasteiger partial charge in [-0.05, 0) is 12.1 Å². The second-order valence-electron chi connectivity index (χ2n) is 3.68. The number of aromatic amines is 1. The summed E-state index contributed by atoms with van der Waals surface area (Å²) < 4.78 is 1.72. The number of benzene rings is 1. The van der Waals surface area contributed by atoms with Gasteiger partial charge in [0.25, 0.3) is 0 Å². The number of nitrogens with one attached hydrogen (secondary N) is 1. The van der Waals surface area contributed by atoms with E-state index in [0.717, 1.165) is 0 Å². The van der Waals surface area contributed by atoms with Gasteiger partial charge in [0.2, 0.25) is 0 Å². The zero-order valence-electron chi connectivity index (χ0n) is 8.79. The van der Waals surface area contributed by atoms with E-state index in [9.17, 15) is 9.90 Å². The van der Waals surface area contributed by atoms with Crippen LogP contribution in [0.1, 0.15) is 0 Å². The predicted molar refractivity (Wildman–Crippen MR) is 62.9 cm³/mol. The molecule has 0 atom stereocenters. The number of H-pyrrole nitrogens is 1. The highest BCUT2D eigenvalue weighted by molar-refractivity contribution is 5.65. The van der Waals surface area contributed by atoms with E-state index < -0.39 is 0 Å². The lowest BCUT2D eigenvalue weighted by Gasteiger charge is -2.01. The lowest BCUT2D eigenvalue weighted by molar-refractivity contribution is 0.477. The minimum absolute atomic E-state index is 0.0857. The van der Waals surface area contributed by atoms with E-state index in [1.54, 1.807) is 28.8 Å². The largest absolute Gasteiger partial charge is 0.507 e. The van der Waals surface area contributed by atoms with Crippen molar-refractivity contribution < 1.29 is 5.11 Å². The molecule has 0 aliphatic carbocycles. The summed E-state index contributed by atoms with van der Waals surface area (Å²) in [5.74, 6) is 0.720. The van der Waals surface area contributed by atoms with Crippen LogP contribution in [-0.2, 0) is 0 Å². The third-order valence-corrected chi connectivity index (χ3v) is 2.58. The highest BCUT2D eigenvalue weighted by Gasteiger charge is 2.10. The number of fused-ring (bicyclic) bond motifs is 1. The van der Waals surface area contributed by atoms with Gasteiger partial charge in [0.15, 0.2) is 11.3 Å². The van der Waals surface area contributed by atoms with Crippen LogP contribution in [0.25, 0.3) is 17.0 Å². The van der Waals surface area contributed by atoms with Crippen molar-refractivity contribution in [2.24, 2.45) is 0 Å². The summed E-state index contributed by atoms with van der Waals surface area (Å²) in [6, 6.07) is 9.83. The van der Waals surface area contributed by atoms with E-state index >= 15 is 0 Å². The molecule has 3 aromatic rings. The van der Waals surface area contributed by atoms with E-state index in [4.69, 9.17) is 0 Å². The molecule has 2 heterocycles. The molecule has 84 valence electrons. The van der Waals surface area contributed by atoms with Crippen molar-refractivity contribution in [3.63, 3.8) is 0 Å². The Bertz CT molecular complexity index is 743. The monoisotopic (exact) mass is 227 g/mol. The molecular weight excluding hydrogens is 218 g/mol. The average molecular weight is 227 g/mol. The maximum absolute atomic E-state index is 11.2. The number of rotatable bonds is 1. The Kier molecular flexibility index (Phi) is 1.98. The van der Waals surface area contributed by atoms with Gasteiger partial charge in [-0.3, -0.25) is 14.3 Å². The van der Waals surface area contributed by atoms with Crippen LogP contribution in [0.2, 0.25) is 0 Å². The molecule has 0 bridgehead atoms. The molecule has 5 nitrogen and oxygen atoms in total. The van der Waals surface area contributed by atoms with E-state index in [2.05, 4.69) is 10.2 Å². The van der Waals surface area contributed by atoms with Crippen LogP contribution in [-0.4, -0.2) is 19.7 Å². The topological polar surface area (TPSA) is 70.4 Å². The third-order valence-electron chi connectivity index (χ3n) is 2.58. The molecule has 0 unspecified atom stereocenters. The Balaban J connectivity index is 2.32. The maximum Gasteiger partial charge on any atom is 0.183 e. The molecule has 2 aromatic heterocycles. The number of para-hydroxylation sites is 1. The summed E-state index contributed by atoms with van der Waals surface area (Å²) in [6.07, 6.45) is 1.63. The standard InChI is InChI=1S/C12H9N3O2/c16-8-5-6-15-11(7-8)13-14-12(15)9-3-1-2-4-10(9)17/h1-7,13,17H. The fraction of sp³-hybridized carbons (Fsp3) is 0. The number of pyridine rings is 1. The number of hydrogen-bond acceptors (Lipinski definition) is 3. The van der Waals surface area contributed by atoms with Crippen molar-refractivity contribution in [1.29, 1.82) is 0 Å². The zero-order valence-corrected chi connectivity index (χ0v) is 8.79. The van der Waals surface area contributed by atoms with Crippen LogP contribution >= 0.6 is 0 Å². The van der Waals surface area contributed by atoms with Crippen molar-refractivity contribution in [2.45, 2.75) is 0 Å². The van der Waals surface area contributed by atoms with Crippen LogP contribution in [0, 0.1) is 0 Å². The molecule has 0 aliphatic rings. The fourth-order valence-electron chi connectivity index (χ4n) is 1.77. The summed E-state index contributed by atoms with van der Waals surface area (Å²) in [5, 5.41) is 16.6. The molecule has 5 heteroatoms. The minimum atomic E-state index is -0.0857. The minimum Gasteiger partial charge on any atom is -0.507 e. The first kappa shape index (κ1) is 9.65. The van der Waals surface area contributed by atoms with Crippen molar-refractivity contribution in [3.8, 4) is 17.1 Å². The Labute approximate surface area is 96.0 Å². The first-order valence-corrected chi connectivity index (χ1v) is 5.11. The quantitative estimate of drug-likeness (QED) is 0.660. The number of phenolic OH excluding ortho intramolecular Hbond substituents is 1. The van der Waals surface area contributed by atoms with Gasteiger partial charge < -0.3 is 5.11 Å². The van der Waals surface area contributed by atoms with Crippen LogP contribution in [0.4, 0.5) is 0 Å². The second kappa shape index (κ2) is 3.48. The normalized spacial score (nSPS) is 10.8. The first-order valence-electron chi connectivity index (χ1n) is 5.11. The number of aromatic hydroxyl groups is 1. The molecule has 1 aromatic carbocycles. The SMILES string of the molecule is O=c1ccn2c(-c3ccccc3O)n[nH]c2c1. The summed E-state index contributed by atoms with van der Waals surface area (Å²) >= 11 is 0. The lowest BCUT2D eigenvalue weighted by atomic mass is 10.2. The summed E-state index contributed by atoms with van der Waals surface area (Å²) in [4.78, 5) is 11.2. The van der Waals surface area contributed by atoms with Gasteiger partial charge in [0.1, 0.15) is 11.4 Å². The zero-order chi connectivity index (χ0) is 11.8. The van der Waals surface area contributed by atoms with E-state index in [1.165, 1.54) is 12.1 Å². The van der Waals surface area contributed by atoms with Gasteiger partial charge in [-0.15, -0.1) is 0 Å². The molecule has 0 saturated carbocycles. The van der Waals surface area contributed by atoms with Gasteiger partial charge in [-0.2, -0.15) is 5.10 Å². The fourth-order valence-corrected chi connectivity index (χ4v) is 1.77. The smallest absolute Gasteiger partial charge is 0.183 e. The van der Waals surface area contributed by atoms with Gasteiger partial charge >= 0.3 is 0 Å². The Morgan fingerprint density at radius 2 is 2.06 bits per heavy atom. The molecule has 0 aliphatic heterocycles. The Hall–Kier alpha value is -2.56. The maximum atomic E-state index is 11.2. The van der Waals surface area contributed by atoms with Crippen LogP contribution in [0.5, 0.6) is 5.75 Å². The highest BCUT2D eigenvalue weighted by atomic mass is 16.3. The molecule has 0 saturated heterocycles. The van der Waals surface area contributed by atoms with E-state index in [0.29, 0.717) is 17.0 Å². The number of hydrogen-bond donors (Lipinski definition) is 2. The van der Waals surface area contributed by atoms with E-state index in [1.807, 2.05) is 6.07 Å². The average Bonchev–Trinajstić information content (AvgIpc) is 2.72. The van der Waals surface area contributed by atoms with Crippen molar-refractivity contribution in [1.82, 2.24) is 14.6 Å². The number of nitrogens with zero attached hydrogens (tertiary/aromatic N) is 2. The molecule has 2 N–H and O–H groups in total.